The maximum absolute atomic E-state index is 12.3. The molecule has 0 unspecified atom stereocenters. The number of imide groups is 1. The molecule has 3 amide bonds. The number of aromatic amines is 1. The number of hydrogen-bond donors (Lipinski definition) is 3. The van der Waals surface area contributed by atoms with E-state index >= 15 is 0 Å². The quantitative estimate of drug-likeness (QED) is 0.553. The molecule has 0 aliphatic heterocycles. The fourth-order valence-corrected chi connectivity index (χ4v) is 2.34. The molecular formula is C15H21N3O5. The lowest BCUT2D eigenvalue weighted by Crippen LogP contribution is -2.45. The molecule has 1 heterocycles. The van der Waals surface area contributed by atoms with Gasteiger partial charge in [0, 0.05) is 11.3 Å². The Kier molecular flexibility index (Phi) is 5.67. The van der Waals surface area contributed by atoms with Crippen molar-refractivity contribution >= 4 is 23.7 Å². The maximum atomic E-state index is 12.3. The summed E-state index contributed by atoms with van der Waals surface area (Å²) in [7, 11) is 0. The molecule has 1 atom stereocenters. The standard InChI is InChI=1S/C15H21N3O5/c1-6(2)12(13(20)18-15(16)22)23-14(21)11-7(3)10(9(5)19)8(4)17-11/h6,12,17H,1-5H3,(H3,16,18,20,22)/t12-/m1/s1. The van der Waals surface area contributed by atoms with Crippen LogP contribution < -0.4 is 11.1 Å². The predicted molar refractivity (Wildman–Crippen MR) is 82.0 cm³/mol. The van der Waals surface area contributed by atoms with E-state index < -0.39 is 24.0 Å². The molecule has 0 aliphatic rings. The van der Waals surface area contributed by atoms with E-state index in [4.69, 9.17) is 10.5 Å². The summed E-state index contributed by atoms with van der Waals surface area (Å²) in [6.45, 7) is 8.00. The smallest absolute Gasteiger partial charge is 0.355 e. The molecular weight excluding hydrogens is 302 g/mol. The SMILES string of the molecule is CC(=O)c1c(C)[nH]c(C(=O)O[C@@H](C(=O)NC(N)=O)C(C)C)c1C. The number of Topliss-reactive ketones (excluding diaryl/α,β-unsaturated/α-hetero) is 1. The summed E-state index contributed by atoms with van der Waals surface area (Å²) in [5, 5.41) is 1.89. The van der Waals surface area contributed by atoms with Gasteiger partial charge in [-0.2, -0.15) is 0 Å². The third-order valence-electron chi connectivity index (χ3n) is 3.34. The number of ether oxygens (including phenoxy) is 1. The van der Waals surface area contributed by atoms with E-state index in [1.54, 1.807) is 27.7 Å². The molecule has 8 nitrogen and oxygen atoms in total. The highest BCUT2D eigenvalue weighted by Gasteiger charge is 2.30. The molecule has 0 bridgehead atoms. The van der Waals surface area contributed by atoms with Crippen LogP contribution in [0, 0.1) is 19.8 Å². The molecule has 1 aromatic rings. The van der Waals surface area contributed by atoms with Gasteiger partial charge in [-0.3, -0.25) is 14.9 Å². The van der Waals surface area contributed by atoms with Gasteiger partial charge in [0.05, 0.1) is 0 Å². The van der Waals surface area contributed by atoms with Crippen molar-refractivity contribution in [2.45, 2.75) is 40.7 Å². The minimum absolute atomic E-state index is 0.102. The zero-order valence-corrected chi connectivity index (χ0v) is 13.8. The molecule has 126 valence electrons. The molecule has 0 saturated carbocycles. The van der Waals surface area contributed by atoms with E-state index in [1.807, 2.05) is 5.32 Å². The van der Waals surface area contributed by atoms with Gasteiger partial charge in [-0.25, -0.2) is 9.59 Å². The average molecular weight is 323 g/mol. The van der Waals surface area contributed by atoms with Crippen molar-refractivity contribution in [3.05, 3.63) is 22.5 Å². The van der Waals surface area contributed by atoms with Gasteiger partial charge in [-0.05, 0) is 32.3 Å². The number of esters is 1. The van der Waals surface area contributed by atoms with Gasteiger partial charge in [0.1, 0.15) is 5.69 Å². The molecule has 0 aromatic carbocycles. The lowest BCUT2D eigenvalue weighted by atomic mass is 10.1. The van der Waals surface area contributed by atoms with Crippen LogP contribution in [0.3, 0.4) is 0 Å². The number of H-pyrrole nitrogens is 1. The second-order valence-electron chi connectivity index (χ2n) is 5.60. The topological polar surface area (TPSA) is 131 Å². The van der Waals surface area contributed by atoms with Crippen molar-refractivity contribution in [3.63, 3.8) is 0 Å². The van der Waals surface area contributed by atoms with Crippen molar-refractivity contribution in [2.75, 3.05) is 0 Å². The lowest BCUT2D eigenvalue weighted by molar-refractivity contribution is -0.130. The highest BCUT2D eigenvalue weighted by Crippen LogP contribution is 2.20. The molecule has 23 heavy (non-hydrogen) atoms. The van der Waals surface area contributed by atoms with Crippen molar-refractivity contribution in [1.29, 1.82) is 0 Å². The third-order valence-corrected chi connectivity index (χ3v) is 3.34. The second-order valence-corrected chi connectivity index (χ2v) is 5.60. The molecule has 0 fully saturated rings. The number of aryl methyl sites for hydroxylation is 1. The molecule has 8 heteroatoms. The Labute approximate surface area is 133 Å². The Balaban J connectivity index is 3.05. The maximum Gasteiger partial charge on any atom is 0.355 e. The van der Waals surface area contributed by atoms with E-state index in [0.717, 1.165) is 0 Å². The minimum atomic E-state index is -1.18. The summed E-state index contributed by atoms with van der Waals surface area (Å²) in [6.07, 6.45) is -1.18. The van der Waals surface area contributed by atoms with E-state index in [-0.39, 0.29) is 17.4 Å². The summed E-state index contributed by atoms with van der Waals surface area (Å²) in [5.41, 5.74) is 6.42. The molecule has 0 spiro atoms. The van der Waals surface area contributed by atoms with Crippen LogP contribution in [-0.4, -0.2) is 34.8 Å². The Morgan fingerprint density at radius 3 is 2.13 bits per heavy atom. The number of aromatic nitrogens is 1. The number of rotatable bonds is 5. The first-order valence-electron chi connectivity index (χ1n) is 7.07. The summed E-state index contributed by atoms with van der Waals surface area (Å²) in [4.78, 5) is 49.3. The molecule has 0 saturated heterocycles. The van der Waals surface area contributed by atoms with Gasteiger partial charge in [-0.15, -0.1) is 0 Å². The number of primary amides is 1. The number of amides is 3. The molecule has 4 N–H and O–H groups in total. The normalized spacial score (nSPS) is 11.9. The van der Waals surface area contributed by atoms with Crippen molar-refractivity contribution in [3.8, 4) is 0 Å². The number of nitrogens with one attached hydrogen (secondary N) is 2. The highest BCUT2D eigenvalue weighted by molar-refractivity contribution is 6.02. The Morgan fingerprint density at radius 2 is 1.74 bits per heavy atom. The summed E-state index contributed by atoms with van der Waals surface area (Å²) in [6, 6.07) is -1.03. The fourth-order valence-electron chi connectivity index (χ4n) is 2.34. The van der Waals surface area contributed by atoms with E-state index in [0.29, 0.717) is 16.8 Å². The van der Waals surface area contributed by atoms with Crippen LogP contribution in [-0.2, 0) is 9.53 Å². The van der Waals surface area contributed by atoms with Crippen LogP contribution >= 0.6 is 0 Å². The van der Waals surface area contributed by atoms with E-state index in [1.165, 1.54) is 6.92 Å². The van der Waals surface area contributed by atoms with Crippen LogP contribution in [0.1, 0.15) is 52.9 Å². The zero-order valence-electron chi connectivity index (χ0n) is 13.8. The van der Waals surface area contributed by atoms with Gasteiger partial charge in [0.2, 0.25) is 0 Å². The largest absolute Gasteiger partial charge is 0.447 e. The number of carbonyl (C=O) groups is 4. The lowest BCUT2D eigenvalue weighted by Gasteiger charge is -2.19. The van der Waals surface area contributed by atoms with E-state index in [9.17, 15) is 19.2 Å². The fraction of sp³-hybridized carbons (Fsp3) is 0.467. The molecule has 1 rings (SSSR count). The first kappa shape index (κ1) is 18.4. The third kappa shape index (κ3) is 4.18. The van der Waals surface area contributed by atoms with Crippen molar-refractivity contribution < 1.29 is 23.9 Å². The molecule has 0 aliphatic carbocycles. The Bertz CT molecular complexity index is 660. The number of carbonyl (C=O) groups excluding carboxylic acids is 4. The number of hydrogen-bond acceptors (Lipinski definition) is 5. The average Bonchev–Trinajstić information content (AvgIpc) is 2.69. The summed E-state index contributed by atoms with van der Waals surface area (Å²) in [5.74, 6) is -2.13. The minimum Gasteiger partial charge on any atom is -0.447 e. The van der Waals surface area contributed by atoms with Gasteiger partial charge >= 0.3 is 12.0 Å². The van der Waals surface area contributed by atoms with Crippen LogP contribution in [0.15, 0.2) is 0 Å². The predicted octanol–water partition coefficient (Wildman–Crippen LogP) is 1.21. The first-order valence-corrected chi connectivity index (χ1v) is 7.07. The Hall–Kier alpha value is -2.64. The van der Waals surface area contributed by atoms with Crippen molar-refractivity contribution in [2.24, 2.45) is 11.7 Å². The first-order chi connectivity index (χ1) is 10.6. The van der Waals surface area contributed by atoms with Crippen LogP contribution in [0.5, 0.6) is 0 Å². The second kappa shape index (κ2) is 7.08. The van der Waals surface area contributed by atoms with Crippen LogP contribution in [0.4, 0.5) is 4.79 Å². The van der Waals surface area contributed by atoms with Gasteiger partial charge in [0.25, 0.3) is 5.91 Å². The van der Waals surface area contributed by atoms with Gasteiger partial charge in [-0.1, -0.05) is 13.8 Å². The van der Waals surface area contributed by atoms with Crippen LogP contribution in [0.2, 0.25) is 0 Å². The van der Waals surface area contributed by atoms with Gasteiger partial charge in [0.15, 0.2) is 11.9 Å². The zero-order chi connectivity index (χ0) is 17.9. The number of nitrogens with two attached hydrogens (primary N) is 1. The van der Waals surface area contributed by atoms with Crippen molar-refractivity contribution in [1.82, 2.24) is 10.3 Å². The summed E-state index contributed by atoms with van der Waals surface area (Å²) < 4.78 is 5.19. The number of ketones is 1. The molecule has 0 radical (unpaired) electrons. The van der Waals surface area contributed by atoms with Crippen LogP contribution in [0.25, 0.3) is 0 Å². The molecule has 1 aromatic heterocycles. The van der Waals surface area contributed by atoms with E-state index in [2.05, 4.69) is 4.98 Å². The highest BCUT2D eigenvalue weighted by atomic mass is 16.5. The Morgan fingerprint density at radius 1 is 1.17 bits per heavy atom. The summed E-state index contributed by atoms with van der Waals surface area (Å²) >= 11 is 0. The van der Waals surface area contributed by atoms with Gasteiger partial charge < -0.3 is 15.5 Å². The monoisotopic (exact) mass is 323 g/mol. The number of urea groups is 1.